The number of para-hydroxylation sites is 2. The molecule has 48 heavy (non-hydrogen) atoms. The summed E-state index contributed by atoms with van der Waals surface area (Å²) >= 11 is 0. The van der Waals surface area contributed by atoms with Crippen molar-refractivity contribution in [2.24, 2.45) is 5.92 Å². The standard InChI is InChI=1S/C36H43NO11/c1-25-19-36(33(39)41-4,48-32(31(25)38)30-22-45-35(2,3)47-30)46-24-44-29-18-12-11-17-28(29)43-23-37(20-26-13-7-5-8-14-26)34(40)42-21-27-15-9-6-10-16-27/h5-18,25,30-32,38H,19-24H2,1-4H3/t25-,30-,31-,32?,36-/m1/s1. The van der Waals surface area contributed by atoms with Crippen molar-refractivity contribution in [3.63, 3.8) is 0 Å². The molecule has 5 rings (SSSR count). The van der Waals surface area contributed by atoms with Gasteiger partial charge in [0.25, 0.3) is 5.79 Å². The van der Waals surface area contributed by atoms with Crippen LogP contribution in [-0.4, -0.2) is 79.2 Å². The minimum Gasteiger partial charge on any atom is -0.469 e. The quantitative estimate of drug-likeness (QED) is 0.195. The van der Waals surface area contributed by atoms with Crippen molar-refractivity contribution in [2.45, 2.75) is 70.2 Å². The highest BCUT2D eigenvalue weighted by molar-refractivity contribution is 5.78. The Morgan fingerprint density at radius 3 is 2.15 bits per heavy atom. The molecule has 0 saturated carbocycles. The summed E-state index contributed by atoms with van der Waals surface area (Å²) in [6.45, 7) is 5.27. The molecule has 1 amide bonds. The van der Waals surface area contributed by atoms with E-state index in [1.54, 1.807) is 45.0 Å². The van der Waals surface area contributed by atoms with Crippen molar-refractivity contribution >= 4 is 12.1 Å². The molecule has 2 saturated heterocycles. The second-order valence-corrected chi connectivity index (χ2v) is 12.2. The summed E-state index contributed by atoms with van der Waals surface area (Å²) in [6.07, 6.45) is -3.05. The topological polar surface area (TPSA) is 131 Å². The van der Waals surface area contributed by atoms with Crippen LogP contribution in [0, 0.1) is 5.92 Å². The van der Waals surface area contributed by atoms with E-state index in [0.29, 0.717) is 11.5 Å². The van der Waals surface area contributed by atoms with Gasteiger partial charge in [0.2, 0.25) is 0 Å². The van der Waals surface area contributed by atoms with Crippen LogP contribution in [0.4, 0.5) is 4.79 Å². The van der Waals surface area contributed by atoms with Gasteiger partial charge in [-0.2, -0.15) is 0 Å². The van der Waals surface area contributed by atoms with E-state index in [2.05, 4.69) is 0 Å². The third kappa shape index (κ3) is 8.82. The van der Waals surface area contributed by atoms with Crippen LogP contribution >= 0.6 is 0 Å². The molecule has 3 aromatic rings. The van der Waals surface area contributed by atoms with Crippen molar-refractivity contribution in [1.82, 2.24) is 4.90 Å². The zero-order chi connectivity index (χ0) is 34.1. The molecule has 0 aromatic heterocycles. The fraction of sp³-hybridized carbons (Fsp3) is 0.444. The van der Waals surface area contributed by atoms with E-state index in [9.17, 15) is 14.7 Å². The van der Waals surface area contributed by atoms with Crippen molar-refractivity contribution in [1.29, 1.82) is 0 Å². The largest absolute Gasteiger partial charge is 0.469 e. The van der Waals surface area contributed by atoms with E-state index in [4.69, 9.17) is 37.9 Å². The zero-order valence-corrected chi connectivity index (χ0v) is 27.6. The molecule has 0 spiro atoms. The Labute approximate surface area is 280 Å². The summed E-state index contributed by atoms with van der Waals surface area (Å²) < 4.78 is 46.4. The van der Waals surface area contributed by atoms with Crippen LogP contribution in [0.3, 0.4) is 0 Å². The third-order valence-corrected chi connectivity index (χ3v) is 8.14. The lowest BCUT2D eigenvalue weighted by Crippen LogP contribution is -2.61. The first-order valence-corrected chi connectivity index (χ1v) is 15.8. The maximum absolute atomic E-state index is 13.2. The Balaban J connectivity index is 1.25. The molecule has 0 aliphatic carbocycles. The number of carbonyl (C=O) groups excluding carboxylic acids is 2. The Morgan fingerprint density at radius 1 is 0.896 bits per heavy atom. The lowest BCUT2D eigenvalue weighted by molar-refractivity contribution is -0.328. The number of esters is 1. The summed E-state index contributed by atoms with van der Waals surface area (Å²) in [7, 11) is 1.23. The first kappa shape index (κ1) is 35.1. The minimum absolute atomic E-state index is 0.00928. The van der Waals surface area contributed by atoms with Crippen LogP contribution in [0.25, 0.3) is 0 Å². The smallest absolute Gasteiger partial charge is 0.413 e. The summed E-state index contributed by atoms with van der Waals surface area (Å²) in [4.78, 5) is 27.7. The van der Waals surface area contributed by atoms with Gasteiger partial charge in [0.05, 0.1) is 26.4 Å². The molecule has 2 heterocycles. The fourth-order valence-corrected chi connectivity index (χ4v) is 5.62. The monoisotopic (exact) mass is 665 g/mol. The van der Waals surface area contributed by atoms with E-state index in [0.717, 1.165) is 11.1 Å². The highest BCUT2D eigenvalue weighted by Crippen LogP contribution is 2.40. The first-order valence-electron chi connectivity index (χ1n) is 15.8. The van der Waals surface area contributed by atoms with Crippen molar-refractivity contribution in [3.05, 3.63) is 96.1 Å². The van der Waals surface area contributed by atoms with Gasteiger partial charge in [-0.25, -0.2) is 9.59 Å². The number of rotatable bonds is 13. The Bertz CT molecular complexity index is 1490. The summed E-state index contributed by atoms with van der Waals surface area (Å²) in [5.41, 5.74) is 1.76. The van der Waals surface area contributed by atoms with Gasteiger partial charge in [-0.1, -0.05) is 79.7 Å². The molecule has 5 atom stereocenters. The Hall–Kier alpha value is -4.20. The molecule has 3 aromatic carbocycles. The fourth-order valence-electron chi connectivity index (χ4n) is 5.62. The second kappa shape index (κ2) is 15.8. The van der Waals surface area contributed by atoms with Crippen LogP contribution in [0.5, 0.6) is 11.5 Å². The summed E-state index contributed by atoms with van der Waals surface area (Å²) in [5.74, 6) is -3.31. The van der Waals surface area contributed by atoms with E-state index in [-0.39, 0.29) is 32.9 Å². The van der Waals surface area contributed by atoms with Crippen molar-refractivity contribution in [2.75, 3.05) is 27.2 Å². The lowest BCUT2D eigenvalue weighted by atomic mass is 9.86. The normalized spacial score (nSPS) is 24.8. The molecule has 1 unspecified atom stereocenters. The molecular weight excluding hydrogens is 622 g/mol. The highest BCUT2D eigenvalue weighted by Gasteiger charge is 2.56. The van der Waals surface area contributed by atoms with E-state index in [1.807, 2.05) is 60.7 Å². The summed E-state index contributed by atoms with van der Waals surface area (Å²) in [5, 5.41) is 11.0. The molecule has 0 bridgehead atoms. The number of nitrogens with zero attached hydrogens (tertiary/aromatic N) is 1. The maximum atomic E-state index is 13.2. The number of benzene rings is 3. The van der Waals surface area contributed by atoms with Crippen LogP contribution in [0.2, 0.25) is 0 Å². The number of carbonyl (C=O) groups is 2. The molecular formula is C36H43NO11. The predicted octanol–water partition coefficient (Wildman–Crippen LogP) is 5.02. The van der Waals surface area contributed by atoms with Gasteiger partial charge in [-0.3, -0.25) is 4.90 Å². The van der Waals surface area contributed by atoms with Gasteiger partial charge in [0.1, 0.15) is 18.8 Å². The number of amides is 1. The van der Waals surface area contributed by atoms with Gasteiger partial charge in [-0.15, -0.1) is 0 Å². The zero-order valence-electron chi connectivity index (χ0n) is 27.6. The molecule has 2 fully saturated rings. The van der Waals surface area contributed by atoms with Crippen molar-refractivity contribution in [3.8, 4) is 11.5 Å². The highest BCUT2D eigenvalue weighted by atomic mass is 16.8. The first-order chi connectivity index (χ1) is 23.1. The van der Waals surface area contributed by atoms with Crippen LogP contribution in [0.1, 0.15) is 38.3 Å². The number of aliphatic hydroxyl groups excluding tert-OH is 1. The average molecular weight is 666 g/mol. The van der Waals surface area contributed by atoms with E-state index < -0.39 is 54.7 Å². The number of hydrogen-bond acceptors (Lipinski definition) is 11. The molecule has 1 N–H and O–H groups in total. The number of aliphatic hydroxyl groups is 1. The van der Waals surface area contributed by atoms with Gasteiger partial charge in [-0.05, 0) is 43.0 Å². The van der Waals surface area contributed by atoms with Gasteiger partial charge >= 0.3 is 12.1 Å². The Morgan fingerprint density at radius 2 is 1.52 bits per heavy atom. The summed E-state index contributed by atoms with van der Waals surface area (Å²) in [6, 6.07) is 25.8. The Kier molecular flexibility index (Phi) is 11.6. The molecule has 0 radical (unpaired) electrons. The van der Waals surface area contributed by atoms with Gasteiger partial charge < -0.3 is 43.0 Å². The van der Waals surface area contributed by atoms with Gasteiger partial charge in [0, 0.05) is 6.42 Å². The third-order valence-electron chi connectivity index (χ3n) is 8.14. The number of ether oxygens (including phenoxy) is 8. The van der Waals surface area contributed by atoms with Gasteiger partial charge in [0.15, 0.2) is 30.8 Å². The van der Waals surface area contributed by atoms with Crippen LogP contribution in [-0.2, 0) is 46.4 Å². The number of hydrogen-bond donors (Lipinski definition) is 1. The van der Waals surface area contributed by atoms with Crippen LogP contribution < -0.4 is 9.47 Å². The number of methoxy groups -OCH3 is 1. The molecule has 258 valence electrons. The molecule has 2 aliphatic heterocycles. The molecule has 12 heteroatoms. The SMILES string of the molecule is COC(=O)[C@@]1(OCOc2ccccc2OCN(Cc2ccccc2)C(=O)OCc2ccccc2)C[C@@H](C)[C@@H](O)C([C@H]2COC(C)(C)O2)O1. The predicted molar refractivity (Wildman–Crippen MR) is 171 cm³/mol. The maximum Gasteiger partial charge on any atom is 0.413 e. The second-order valence-electron chi connectivity index (χ2n) is 12.2. The average Bonchev–Trinajstić information content (AvgIpc) is 3.47. The van der Waals surface area contributed by atoms with E-state index in [1.165, 1.54) is 12.0 Å². The molecule has 12 nitrogen and oxygen atoms in total. The van der Waals surface area contributed by atoms with Crippen LogP contribution in [0.15, 0.2) is 84.9 Å². The minimum atomic E-state index is -1.88. The lowest BCUT2D eigenvalue weighted by Gasteiger charge is -2.45. The molecule has 2 aliphatic rings. The van der Waals surface area contributed by atoms with Crippen molar-refractivity contribution < 1.29 is 52.6 Å². The van der Waals surface area contributed by atoms with E-state index >= 15 is 0 Å².